The number of likely N-dealkylation sites (tertiary alicyclic amines) is 1. The second-order valence-corrected chi connectivity index (χ2v) is 12.4. The third-order valence-corrected chi connectivity index (χ3v) is 8.80. The second-order valence-electron chi connectivity index (χ2n) is 12.4. The zero-order valence-electron chi connectivity index (χ0n) is 27.0. The number of rotatable bonds is 10. The number of ether oxygens (including phenoxy) is 2. The first kappa shape index (κ1) is 35.1. The number of hydrogen-bond acceptors (Lipinski definition) is 5. The highest BCUT2D eigenvalue weighted by atomic mass is 19.4. The number of carbonyl (C=O) groups excluding carboxylic acids is 1. The lowest BCUT2D eigenvalue weighted by molar-refractivity contribution is -0.143. The van der Waals surface area contributed by atoms with Crippen LogP contribution >= 0.6 is 0 Å². The van der Waals surface area contributed by atoms with E-state index < -0.39 is 35.2 Å². The van der Waals surface area contributed by atoms with Crippen LogP contribution in [0.4, 0.5) is 36.8 Å². The van der Waals surface area contributed by atoms with E-state index in [9.17, 15) is 31.1 Å². The Bertz CT molecular complexity index is 1710. The van der Waals surface area contributed by atoms with Crippen molar-refractivity contribution in [2.45, 2.75) is 38.2 Å². The van der Waals surface area contributed by atoms with E-state index >= 15 is 0 Å². The molecule has 2 aliphatic heterocycles. The molecule has 0 unspecified atom stereocenters. The molecule has 7 nitrogen and oxygen atoms in total. The number of alkyl halides is 6. The maximum atomic E-state index is 13.2. The zero-order chi connectivity index (χ0) is 35.3. The van der Waals surface area contributed by atoms with Gasteiger partial charge in [0, 0.05) is 57.5 Å². The predicted molar refractivity (Wildman–Crippen MR) is 176 cm³/mol. The Hall–Kier alpha value is -4.75. The quantitative estimate of drug-likeness (QED) is 0.171. The minimum absolute atomic E-state index is 0.0321. The lowest BCUT2D eigenvalue weighted by Crippen LogP contribution is -2.64. The summed E-state index contributed by atoms with van der Waals surface area (Å²) in [6, 6.07) is 26.1. The van der Waals surface area contributed by atoms with E-state index in [4.69, 9.17) is 9.47 Å². The topological polar surface area (TPSA) is 57.3 Å². The van der Waals surface area contributed by atoms with Crippen LogP contribution in [0.3, 0.4) is 0 Å². The van der Waals surface area contributed by atoms with Crippen molar-refractivity contribution in [1.29, 1.82) is 0 Å². The molecule has 0 aliphatic carbocycles. The van der Waals surface area contributed by atoms with Crippen LogP contribution in [0, 0.1) is 0 Å². The van der Waals surface area contributed by atoms with E-state index in [-0.39, 0.29) is 12.1 Å². The van der Waals surface area contributed by atoms with Crippen LogP contribution in [-0.2, 0) is 32.1 Å². The number of anilines is 1. The van der Waals surface area contributed by atoms with Crippen molar-refractivity contribution in [1.82, 2.24) is 14.7 Å². The molecule has 50 heavy (non-hydrogen) atoms. The summed E-state index contributed by atoms with van der Waals surface area (Å²) >= 11 is 0. The van der Waals surface area contributed by atoms with Crippen LogP contribution in [-0.4, -0.2) is 66.0 Å². The van der Waals surface area contributed by atoms with Gasteiger partial charge in [-0.2, -0.15) is 26.3 Å². The SMILES string of the molecule is O=C(Nc1cc(C(F)(F)F)cc(C(F)(F)F)c1)N1CC(N2CCN(Cc3ccc(OCc4ccccc4)c(OCc4ccccc4)c3)CC2)C1. The molecule has 1 N–H and O–H groups in total. The van der Waals surface area contributed by atoms with Crippen molar-refractivity contribution in [3.63, 3.8) is 0 Å². The summed E-state index contributed by atoms with van der Waals surface area (Å²) in [5.41, 5.74) is -0.354. The molecule has 0 spiro atoms. The van der Waals surface area contributed by atoms with Crippen LogP contribution in [0.25, 0.3) is 0 Å². The normalized spacial score (nSPS) is 16.2. The van der Waals surface area contributed by atoms with Gasteiger partial charge in [0.25, 0.3) is 0 Å². The Balaban J connectivity index is 1.01. The molecule has 2 heterocycles. The van der Waals surface area contributed by atoms with E-state index in [2.05, 4.69) is 15.1 Å². The van der Waals surface area contributed by atoms with Crippen molar-refractivity contribution >= 4 is 11.7 Å². The van der Waals surface area contributed by atoms with E-state index in [0.29, 0.717) is 56.5 Å². The lowest BCUT2D eigenvalue weighted by Gasteiger charge is -2.48. The number of nitrogens with zero attached hydrogens (tertiary/aromatic N) is 3. The van der Waals surface area contributed by atoms with Gasteiger partial charge in [-0.05, 0) is 47.0 Å². The van der Waals surface area contributed by atoms with Gasteiger partial charge in [-0.25, -0.2) is 4.79 Å². The third kappa shape index (κ3) is 9.07. The van der Waals surface area contributed by atoms with Crippen LogP contribution in [0.2, 0.25) is 0 Å². The fourth-order valence-corrected chi connectivity index (χ4v) is 5.98. The van der Waals surface area contributed by atoms with E-state index in [1.807, 2.05) is 78.9 Å². The van der Waals surface area contributed by atoms with E-state index in [1.54, 1.807) is 0 Å². The Labute approximate surface area is 286 Å². The smallest absolute Gasteiger partial charge is 0.416 e. The Kier molecular flexibility index (Phi) is 10.5. The monoisotopic (exact) mass is 698 g/mol. The molecular weight excluding hydrogens is 662 g/mol. The number of urea groups is 1. The van der Waals surface area contributed by atoms with Crippen LogP contribution < -0.4 is 14.8 Å². The molecule has 0 aromatic heterocycles. The van der Waals surface area contributed by atoms with E-state index in [0.717, 1.165) is 42.9 Å². The fraction of sp³-hybridized carbons (Fsp3) is 0.324. The largest absolute Gasteiger partial charge is 0.485 e. The Morgan fingerprint density at radius 3 is 1.74 bits per heavy atom. The van der Waals surface area contributed by atoms with Gasteiger partial charge in [0.2, 0.25) is 0 Å². The Morgan fingerprint density at radius 2 is 1.20 bits per heavy atom. The summed E-state index contributed by atoms with van der Waals surface area (Å²) in [5.74, 6) is 1.32. The van der Waals surface area contributed by atoms with Crippen molar-refractivity contribution in [3.05, 3.63) is 125 Å². The third-order valence-electron chi connectivity index (χ3n) is 8.80. The van der Waals surface area contributed by atoms with Gasteiger partial charge in [0.05, 0.1) is 11.1 Å². The molecule has 2 fully saturated rings. The first-order chi connectivity index (χ1) is 23.9. The van der Waals surface area contributed by atoms with Gasteiger partial charge in [-0.1, -0.05) is 66.7 Å². The van der Waals surface area contributed by atoms with Crippen LogP contribution in [0.5, 0.6) is 11.5 Å². The molecule has 2 amide bonds. The molecule has 4 aromatic rings. The average molecular weight is 699 g/mol. The van der Waals surface area contributed by atoms with Gasteiger partial charge in [-0.3, -0.25) is 9.80 Å². The van der Waals surface area contributed by atoms with E-state index in [1.165, 1.54) is 4.90 Å². The van der Waals surface area contributed by atoms with Crippen molar-refractivity contribution in [3.8, 4) is 11.5 Å². The number of halogens is 6. The summed E-state index contributed by atoms with van der Waals surface area (Å²) < 4.78 is 91.6. The molecule has 4 aromatic carbocycles. The summed E-state index contributed by atoms with van der Waals surface area (Å²) in [4.78, 5) is 18.7. The molecule has 0 radical (unpaired) electrons. The molecule has 6 rings (SSSR count). The van der Waals surface area contributed by atoms with Crippen molar-refractivity contribution in [2.75, 3.05) is 44.6 Å². The summed E-state index contributed by atoms with van der Waals surface area (Å²) in [5, 5.41) is 2.21. The number of benzene rings is 4. The summed E-state index contributed by atoms with van der Waals surface area (Å²) in [7, 11) is 0. The molecular formula is C37H36F6N4O3. The van der Waals surface area contributed by atoms with Gasteiger partial charge in [0.15, 0.2) is 11.5 Å². The minimum Gasteiger partial charge on any atom is -0.485 e. The molecule has 2 aliphatic rings. The molecule has 264 valence electrons. The molecule has 0 atom stereocenters. The number of amides is 2. The first-order valence-corrected chi connectivity index (χ1v) is 16.2. The number of hydrogen-bond donors (Lipinski definition) is 1. The van der Waals surface area contributed by atoms with Gasteiger partial charge in [0.1, 0.15) is 13.2 Å². The first-order valence-electron chi connectivity index (χ1n) is 16.2. The van der Waals surface area contributed by atoms with Gasteiger partial charge >= 0.3 is 18.4 Å². The Morgan fingerprint density at radius 1 is 0.660 bits per heavy atom. The van der Waals surface area contributed by atoms with Crippen molar-refractivity contribution in [2.24, 2.45) is 0 Å². The number of carbonyl (C=O) groups is 1. The fourth-order valence-electron chi connectivity index (χ4n) is 5.98. The van der Waals surface area contributed by atoms with Crippen molar-refractivity contribution < 1.29 is 40.6 Å². The number of piperazine rings is 1. The van der Waals surface area contributed by atoms with Crippen LogP contribution in [0.1, 0.15) is 27.8 Å². The highest BCUT2D eigenvalue weighted by molar-refractivity contribution is 5.90. The van der Waals surface area contributed by atoms with Gasteiger partial charge < -0.3 is 19.7 Å². The predicted octanol–water partition coefficient (Wildman–Crippen LogP) is 7.92. The standard InChI is InChI=1S/C37H36F6N4O3/c38-36(39,40)29-18-30(37(41,42)43)20-31(19-29)44-35(48)47-22-32(23-47)46-15-13-45(14-16-46)21-28-11-12-33(49-24-26-7-3-1-4-8-26)34(17-28)50-25-27-9-5-2-6-10-27/h1-12,17-20,32H,13-16,21-25H2,(H,44,48). The summed E-state index contributed by atoms with van der Waals surface area (Å²) in [6.45, 7) is 5.21. The van der Waals surface area contributed by atoms with Gasteiger partial charge in [-0.15, -0.1) is 0 Å². The highest BCUT2D eigenvalue weighted by Gasteiger charge is 2.39. The highest BCUT2D eigenvalue weighted by Crippen LogP contribution is 2.38. The lowest BCUT2D eigenvalue weighted by atomic mass is 10.1. The maximum Gasteiger partial charge on any atom is 0.416 e. The molecule has 13 heteroatoms. The number of nitrogens with one attached hydrogen (secondary N) is 1. The maximum absolute atomic E-state index is 13.2. The summed E-state index contributed by atoms with van der Waals surface area (Å²) in [6.07, 6.45) is -9.99. The molecule has 0 saturated carbocycles. The molecule has 2 saturated heterocycles. The second kappa shape index (κ2) is 15.0. The average Bonchev–Trinajstić information content (AvgIpc) is 3.07. The van der Waals surface area contributed by atoms with Crippen LogP contribution in [0.15, 0.2) is 97.1 Å². The minimum atomic E-state index is -5.00. The molecule has 0 bridgehead atoms. The zero-order valence-corrected chi connectivity index (χ0v) is 27.0.